The largest absolute Gasteiger partial charge is 0.481 e. The summed E-state index contributed by atoms with van der Waals surface area (Å²) in [7, 11) is 0. The Morgan fingerprint density at radius 2 is 1.90 bits per heavy atom. The van der Waals surface area contributed by atoms with Crippen molar-refractivity contribution < 1.29 is 9.90 Å². The van der Waals surface area contributed by atoms with Gasteiger partial charge in [-0.05, 0) is 48.1 Å². The highest BCUT2D eigenvalue weighted by Gasteiger charge is 2.44. The van der Waals surface area contributed by atoms with E-state index in [0.717, 1.165) is 31.2 Å². The first kappa shape index (κ1) is 16.1. The van der Waals surface area contributed by atoms with Crippen LogP contribution in [0, 0.1) is 11.3 Å². The Morgan fingerprint density at radius 1 is 1.29 bits per heavy atom. The molecule has 1 saturated carbocycles. The van der Waals surface area contributed by atoms with E-state index >= 15 is 0 Å². The van der Waals surface area contributed by atoms with Crippen LogP contribution in [0.2, 0.25) is 0 Å². The Morgan fingerprint density at radius 3 is 2.33 bits per heavy atom. The molecule has 1 N–H and O–H groups in total. The predicted molar refractivity (Wildman–Crippen MR) is 86.5 cm³/mol. The maximum Gasteiger partial charge on any atom is 0.309 e. The van der Waals surface area contributed by atoms with Crippen LogP contribution in [0.25, 0.3) is 0 Å². The summed E-state index contributed by atoms with van der Waals surface area (Å²) in [6, 6.07) is 8.53. The molecule has 2 unspecified atom stereocenters. The fourth-order valence-electron chi connectivity index (χ4n) is 3.53. The topological polar surface area (TPSA) is 37.3 Å². The quantitative estimate of drug-likeness (QED) is 0.863. The van der Waals surface area contributed by atoms with Gasteiger partial charge in [-0.2, -0.15) is 0 Å². The van der Waals surface area contributed by atoms with E-state index in [9.17, 15) is 9.90 Å². The molecule has 21 heavy (non-hydrogen) atoms. The first-order valence-corrected chi connectivity index (χ1v) is 8.10. The van der Waals surface area contributed by atoms with Gasteiger partial charge in [0.15, 0.2) is 0 Å². The minimum atomic E-state index is -0.613. The Balaban J connectivity index is 2.17. The molecule has 1 aromatic rings. The third-order valence-corrected chi connectivity index (χ3v) is 5.10. The number of aliphatic carboxylic acids is 1. The molecule has 1 aliphatic carbocycles. The van der Waals surface area contributed by atoms with E-state index < -0.39 is 11.4 Å². The third kappa shape index (κ3) is 3.48. The van der Waals surface area contributed by atoms with Crippen LogP contribution in [0.1, 0.15) is 64.5 Å². The number of hydrogen-bond acceptors (Lipinski definition) is 1. The van der Waals surface area contributed by atoms with Gasteiger partial charge in [0.25, 0.3) is 0 Å². The first-order valence-electron chi connectivity index (χ1n) is 8.10. The van der Waals surface area contributed by atoms with Gasteiger partial charge in [-0.25, -0.2) is 0 Å². The molecule has 1 aliphatic rings. The predicted octanol–water partition coefficient (Wildman–Crippen LogP) is 4.81. The van der Waals surface area contributed by atoms with Gasteiger partial charge in [0, 0.05) is 0 Å². The van der Waals surface area contributed by atoms with Gasteiger partial charge in [0.2, 0.25) is 0 Å². The van der Waals surface area contributed by atoms with Crippen LogP contribution in [-0.2, 0) is 16.6 Å². The lowest BCUT2D eigenvalue weighted by Gasteiger charge is -2.25. The van der Waals surface area contributed by atoms with E-state index in [1.807, 2.05) is 0 Å². The van der Waals surface area contributed by atoms with Crippen molar-refractivity contribution in [2.24, 2.45) is 11.3 Å². The van der Waals surface area contributed by atoms with E-state index in [0.29, 0.717) is 12.3 Å². The van der Waals surface area contributed by atoms with Gasteiger partial charge in [-0.3, -0.25) is 4.79 Å². The van der Waals surface area contributed by atoms with Crippen LogP contribution < -0.4 is 0 Å². The van der Waals surface area contributed by atoms with Crippen molar-refractivity contribution in [3.05, 3.63) is 35.4 Å². The Bertz CT molecular complexity index is 495. The maximum absolute atomic E-state index is 11.8. The van der Waals surface area contributed by atoms with Crippen LogP contribution >= 0.6 is 0 Å². The zero-order chi connectivity index (χ0) is 15.7. The Labute approximate surface area is 128 Å². The molecule has 0 saturated heterocycles. The smallest absolute Gasteiger partial charge is 0.309 e. The average Bonchev–Trinajstić information content (AvgIpc) is 2.83. The first-order chi connectivity index (χ1) is 9.77. The Kier molecular flexibility index (Phi) is 4.46. The second-order valence-electron chi connectivity index (χ2n) is 7.73. The summed E-state index contributed by atoms with van der Waals surface area (Å²) >= 11 is 0. The van der Waals surface area contributed by atoms with Gasteiger partial charge < -0.3 is 5.11 Å². The molecule has 0 heterocycles. The fourth-order valence-corrected chi connectivity index (χ4v) is 3.53. The van der Waals surface area contributed by atoms with Crippen LogP contribution in [0.15, 0.2) is 24.3 Å². The summed E-state index contributed by atoms with van der Waals surface area (Å²) in [5.41, 5.74) is 2.06. The van der Waals surface area contributed by atoms with Gasteiger partial charge in [-0.1, -0.05) is 58.4 Å². The molecule has 0 amide bonds. The van der Waals surface area contributed by atoms with E-state index in [-0.39, 0.29) is 5.41 Å². The molecule has 0 spiro atoms. The molecular weight excluding hydrogens is 260 g/mol. The molecule has 0 aliphatic heterocycles. The average molecular weight is 288 g/mol. The van der Waals surface area contributed by atoms with Crippen LogP contribution in [0.4, 0.5) is 0 Å². The maximum atomic E-state index is 11.8. The van der Waals surface area contributed by atoms with Crippen LogP contribution in [-0.4, -0.2) is 11.1 Å². The molecule has 116 valence electrons. The van der Waals surface area contributed by atoms with E-state index in [2.05, 4.69) is 52.0 Å². The minimum absolute atomic E-state index is 0.143. The summed E-state index contributed by atoms with van der Waals surface area (Å²) in [4.78, 5) is 11.8. The van der Waals surface area contributed by atoms with Crippen molar-refractivity contribution in [2.45, 2.75) is 65.2 Å². The molecule has 2 atom stereocenters. The van der Waals surface area contributed by atoms with Crippen molar-refractivity contribution in [2.75, 3.05) is 0 Å². The van der Waals surface area contributed by atoms with Crippen molar-refractivity contribution in [3.8, 4) is 0 Å². The summed E-state index contributed by atoms with van der Waals surface area (Å²) in [5, 5.41) is 9.72. The minimum Gasteiger partial charge on any atom is -0.481 e. The number of carboxylic acid groups (broad SMARTS) is 1. The number of benzene rings is 1. The number of rotatable bonds is 4. The van der Waals surface area contributed by atoms with Gasteiger partial charge >= 0.3 is 5.97 Å². The van der Waals surface area contributed by atoms with E-state index in [4.69, 9.17) is 0 Å². The molecule has 2 nitrogen and oxygen atoms in total. The normalized spacial score (nSPS) is 26.0. The molecular formula is C19H28O2. The van der Waals surface area contributed by atoms with Crippen molar-refractivity contribution in [1.82, 2.24) is 0 Å². The lowest BCUT2D eigenvalue weighted by atomic mass is 9.78. The van der Waals surface area contributed by atoms with Gasteiger partial charge in [0.05, 0.1) is 5.41 Å². The molecule has 1 fully saturated rings. The monoisotopic (exact) mass is 288 g/mol. The third-order valence-electron chi connectivity index (χ3n) is 5.10. The van der Waals surface area contributed by atoms with E-state index in [1.54, 1.807) is 0 Å². The molecule has 0 bridgehead atoms. The van der Waals surface area contributed by atoms with E-state index in [1.165, 1.54) is 5.56 Å². The van der Waals surface area contributed by atoms with Crippen molar-refractivity contribution >= 4 is 5.97 Å². The summed E-state index contributed by atoms with van der Waals surface area (Å²) in [6.07, 6.45) is 4.48. The van der Waals surface area contributed by atoms with Crippen molar-refractivity contribution in [3.63, 3.8) is 0 Å². The number of carboxylic acids is 1. The highest BCUT2D eigenvalue weighted by atomic mass is 16.4. The lowest BCUT2D eigenvalue weighted by Crippen LogP contribution is -2.30. The summed E-state index contributed by atoms with van der Waals surface area (Å²) < 4.78 is 0. The molecule has 0 radical (unpaired) electrons. The molecule has 2 heteroatoms. The molecule has 0 aromatic heterocycles. The van der Waals surface area contributed by atoms with Gasteiger partial charge in [-0.15, -0.1) is 0 Å². The van der Waals surface area contributed by atoms with Crippen LogP contribution in [0.5, 0.6) is 0 Å². The highest BCUT2D eigenvalue weighted by Crippen LogP contribution is 2.45. The second-order valence-corrected chi connectivity index (χ2v) is 7.73. The summed E-state index contributed by atoms with van der Waals surface area (Å²) in [5.74, 6) is -0.0340. The zero-order valence-corrected chi connectivity index (χ0v) is 13.8. The zero-order valence-electron chi connectivity index (χ0n) is 13.8. The van der Waals surface area contributed by atoms with Crippen molar-refractivity contribution in [1.29, 1.82) is 0 Å². The highest BCUT2D eigenvalue weighted by molar-refractivity contribution is 5.75. The Hall–Kier alpha value is -1.31. The molecule has 2 rings (SSSR count). The van der Waals surface area contributed by atoms with Crippen LogP contribution in [0.3, 0.4) is 0 Å². The van der Waals surface area contributed by atoms with Gasteiger partial charge in [0.1, 0.15) is 0 Å². The fraction of sp³-hybridized carbons (Fsp3) is 0.632. The standard InChI is InChI=1S/C19H28O2/c1-5-14-10-11-19(12-14,17(20)21)13-15-6-8-16(9-7-15)18(2,3)4/h6-9,14H,5,10-13H2,1-4H3,(H,20,21). The second kappa shape index (κ2) is 5.82. The lowest BCUT2D eigenvalue weighted by molar-refractivity contribution is -0.148. The summed E-state index contributed by atoms with van der Waals surface area (Å²) in [6.45, 7) is 8.76. The molecule has 1 aromatic carbocycles. The number of carbonyl (C=O) groups is 1. The SMILES string of the molecule is CCC1CCC(Cc2ccc(C(C)(C)C)cc2)(C(=O)O)C1. The number of hydrogen-bond donors (Lipinski definition) is 1.